The zero-order valence-corrected chi connectivity index (χ0v) is 10.9. The number of aromatic carboxylic acids is 1. The van der Waals surface area contributed by atoms with Gasteiger partial charge in [-0.15, -0.1) is 0 Å². The SMILES string of the molecule is O=C(O)c1sc([N+](=O)[O-])cc1Nc1ccc(Cl)cc1. The van der Waals surface area contributed by atoms with Gasteiger partial charge in [0.1, 0.15) is 4.88 Å². The fraction of sp³-hybridized carbons (Fsp3) is 0. The summed E-state index contributed by atoms with van der Waals surface area (Å²) in [5, 5.41) is 22.8. The van der Waals surface area contributed by atoms with Gasteiger partial charge in [-0.05, 0) is 24.3 Å². The van der Waals surface area contributed by atoms with E-state index in [4.69, 9.17) is 16.7 Å². The van der Waals surface area contributed by atoms with Gasteiger partial charge in [0.2, 0.25) is 0 Å². The van der Waals surface area contributed by atoms with Crippen LogP contribution in [0.1, 0.15) is 9.67 Å². The maximum atomic E-state index is 11.0. The van der Waals surface area contributed by atoms with Gasteiger partial charge in [0.15, 0.2) is 0 Å². The number of nitrogens with one attached hydrogen (secondary N) is 1. The molecule has 0 aliphatic heterocycles. The molecule has 0 saturated heterocycles. The molecule has 0 spiro atoms. The van der Waals surface area contributed by atoms with Crippen LogP contribution in [-0.2, 0) is 0 Å². The minimum atomic E-state index is -1.21. The van der Waals surface area contributed by atoms with E-state index in [0.29, 0.717) is 22.0 Å². The molecule has 0 amide bonds. The molecule has 19 heavy (non-hydrogen) atoms. The van der Waals surface area contributed by atoms with Crippen molar-refractivity contribution in [1.29, 1.82) is 0 Å². The lowest BCUT2D eigenvalue weighted by Crippen LogP contribution is -1.98. The molecule has 0 unspecified atom stereocenters. The van der Waals surface area contributed by atoms with Crippen molar-refractivity contribution in [3.05, 3.63) is 50.3 Å². The first-order valence-electron chi connectivity index (χ1n) is 5.01. The first-order chi connectivity index (χ1) is 8.97. The van der Waals surface area contributed by atoms with Crippen LogP contribution in [0.5, 0.6) is 0 Å². The minimum absolute atomic E-state index is 0.110. The smallest absolute Gasteiger partial charge is 0.348 e. The van der Waals surface area contributed by atoms with Crippen molar-refractivity contribution in [3.8, 4) is 0 Å². The van der Waals surface area contributed by atoms with Gasteiger partial charge in [-0.3, -0.25) is 10.1 Å². The molecule has 98 valence electrons. The van der Waals surface area contributed by atoms with Crippen LogP contribution in [0, 0.1) is 10.1 Å². The molecule has 6 nitrogen and oxygen atoms in total. The highest BCUT2D eigenvalue weighted by Gasteiger charge is 2.21. The number of hydrogen-bond donors (Lipinski definition) is 2. The fourth-order valence-corrected chi connectivity index (χ4v) is 2.30. The highest BCUT2D eigenvalue weighted by molar-refractivity contribution is 7.17. The second-order valence-corrected chi connectivity index (χ2v) is 4.99. The first-order valence-corrected chi connectivity index (χ1v) is 6.21. The summed E-state index contributed by atoms with van der Waals surface area (Å²) in [5.41, 5.74) is 0.783. The van der Waals surface area contributed by atoms with E-state index < -0.39 is 10.9 Å². The third-order valence-electron chi connectivity index (χ3n) is 2.22. The van der Waals surface area contributed by atoms with Gasteiger partial charge in [-0.2, -0.15) is 0 Å². The van der Waals surface area contributed by atoms with Crippen LogP contribution in [0.2, 0.25) is 5.02 Å². The molecule has 1 aromatic carbocycles. The molecule has 0 saturated carbocycles. The standard InChI is InChI=1S/C11H7ClN2O4S/c12-6-1-3-7(4-2-6)13-8-5-9(14(17)18)19-10(8)11(15)16/h1-5,13H,(H,15,16). The van der Waals surface area contributed by atoms with E-state index in [-0.39, 0.29) is 15.6 Å². The molecular weight excluding hydrogens is 292 g/mol. The number of carboxylic acids is 1. The van der Waals surface area contributed by atoms with Crippen molar-refractivity contribution in [1.82, 2.24) is 0 Å². The first kappa shape index (κ1) is 13.3. The lowest BCUT2D eigenvalue weighted by Gasteiger charge is -2.04. The number of nitrogens with zero attached hydrogens (tertiary/aromatic N) is 1. The number of carboxylic acid groups (broad SMARTS) is 1. The van der Waals surface area contributed by atoms with Gasteiger partial charge < -0.3 is 10.4 Å². The Morgan fingerprint density at radius 1 is 1.37 bits per heavy atom. The average Bonchev–Trinajstić information content (AvgIpc) is 2.76. The average molecular weight is 299 g/mol. The molecule has 2 aromatic rings. The van der Waals surface area contributed by atoms with Crippen LogP contribution in [-0.4, -0.2) is 16.0 Å². The Bertz CT molecular complexity index is 639. The Hall–Kier alpha value is -2.12. The number of benzene rings is 1. The van der Waals surface area contributed by atoms with E-state index in [1.165, 1.54) is 6.07 Å². The van der Waals surface area contributed by atoms with Gasteiger partial charge in [0, 0.05) is 10.7 Å². The van der Waals surface area contributed by atoms with Crippen LogP contribution < -0.4 is 5.32 Å². The molecule has 2 N–H and O–H groups in total. The number of hydrogen-bond acceptors (Lipinski definition) is 5. The lowest BCUT2D eigenvalue weighted by atomic mass is 10.3. The Kier molecular flexibility index (Phi) is 3.68. The summed E-state index contributed by atoms with van der Waals surface area (Å²) >= 11 is 6.34. The molecule has 0 radical (unpaired) electrons. The summed E-state index contributed by atoms with van der Waals surface area (Å²) in [5.74, 6) is -1.21. The van der Waals surface area contributed by atoms with Gasteiger partial charge in [0.25, 0.3) is 0 Å². The molecular formula is C11H7ClN2O4S. The number of thiophene rings is 1. The van der Waals surface area contributed by atoms with Crippen molar-refractivity contribution in [2.75, 3.05) is 5.32 Å². The van der Waals surface area contributed by atoms with E-state index in [9.17, 15) is 14.9 Å². The zero-order valence-electron chi connectivity index (χ0n) is 9.29. The molecule has 0 fully saturated rings. The Morgan fingerprint density at radius 3 is 2.53 bits per heavy atom. The Labute approximate surface area is 116 Å². The van der Waals surface area contributed by atoms with Crippen molar-refractivity contribution >= 4 is 45.3 Å². The second kappa shape index (κ2) is 5.25. The van der Waals surface area contributed by atoms with Crippen LogP contribution in [0.3, 0.4) is 0 Å². The number of nitro groups is 1. The molecule has 0 atom stereocenters. The van der Waals surface area contributed by atoms with Crippen molar-refractivity contribution in [2.24, 2.45) is 0 Å². The highest BCUT2D eigenvalue weighted by atomic mass is 35.5. The second-order valence-electron chi connectivity index (χ2n) is 3.52. The molecule has 1 heterocycles. The molecule has 1 aromatic heterocycles. The largest absolute Gasteiger partial charge is 0.477 e. The highest BCUT2D eigenvalue weighted by Crippen LogP contribution is 2.34. The lowest BCUT2D eigenvalue weighted by molar-refractivity contribution is -0.380. The fourth-order valence-electron chi connectivity index (χ4n) is 1.41. The van der Waals surface area contributed by atoms with E-state index in [2.05, 4.69) is 5.32 Å². The maximum absolute atomic E-state index is 11.0. The van der Waals surface area contributed by atoms with Gasteiger partial charge in [-0.25, -0.2) is 4.79 Å². The Balaban J connectivity index is 2.35. The predicted molar refractivity (Wildman–Crippen MR) is 72.7 cm³/mol. The molecule has 0 bridgehead atoms. The summed E-state index contributed by atoms with van der Waals surface area (Å²) in [4.78, 5) is 21.0. The number of carbonyl (C=O) groups is 1. The molecule has 0 aliphatic rings. The van der Waals surface area contributed by atoms with Crippen molar-refractivity contribution < 1.29 is 14.8 Å². The molecule has 2 rings (SSSR count). The summed E-state index contributed by atoms with van der Waals surface area (Å²) in [6.07, 6.45) is 0. The van der Waals surface area contributed by atoms with Crippen LogP contribution in [0.4, 0.5) is 16.4 Å². The summed E-state index contributed by atoms with van der Waals surface area (Å²) in [6.45, 7) is 0. The Morgan fingerprint density at radius 2 is 2.00 bits per heavy atom. The van der Waals surface area contributed by atoms with Gasteiger partial charge in [-0.1, -0.05) is 22.9 Å². The van der Waals surface area contributed by atoms with Gasteiger partial charge in [0.05, 0.1) is 16.7 Å². The molecule has 8 heteroatoms. The third kappa shape index (κ3) is 3.01. The van der Waals surface area contributed by atoms with E-state index in [1.54, 1.807) is 24.3 Å². The summed E-state index contributed by atoms with van der Waals surface area (Å²) < 4.78 is 0. The van der Waals surface area contributed by atoms with E-state index in [1.807, 2.05) is 0 Å². The monoisotopic (exact) mass is 298 g/mol. The van der Waals surface area contributed by atoms with Crippen LogP contribution in [0.15, 0.2) is 30.3 Å². The zero-order chi connectivity index (χ0) is 14.0. The van der Waals surface area contributed by atoms with E-state index >= 15 is 0 Å². The van der Waals surface area contributed by atoms with Gasteiger partial charge >= 0.3 is 11.0 Å². The van der Waals surface area contributed by atoms with E-state index in [0.717, 1.165) is 0 Å². The van der Waals surface area contributed by atoms with Crippen molar-refractivity contribution in [3.63, 3.8) is 0 Å². The van der Waals surface area contributed by atoms with Crippen LogP contribution >= 0.6 is 22.9 Å². The van der Waals surface area contributed by atoms with Crippen LogP contribution in [0.25, 0.3) is 0 Å². The number of anilines is 2. The maximum Gasteiger partial charge on any atom is 0.348 e. The molecule has 0 aliphatic carbocycles. The summed E-state index contributed by atoms with van der Waals surface area (Å²) in [6, 6.07) is 7.76. The minimum Gasteiger partial charge on any atom is -0.477 e. The number of rotatable bonds is 4. The topological polar surface area (TPSA) is 92.5 Å². The summed E-state index contributed by atoms with van der Waals surface area (Å²) in [7, 11) is 0. The third-order valence-corrected chi connectivity index (χ3v) is 3.54. The quantitative estimate of drug-likeness (QED) is 0.662. The normalized spacial score (nSPS) is 10.2. The number of halogens is 1. The predicted octanol–water partition coefficient (Wildman–Crippen LogP) is 3.75. The van der Waals surface area contributed by atoms with Crippen molar-refractivity contribution in [2.45, 2.75) is 0 Å².